The summed E-state index contributed by atoms with van der Waals surface area (Å²) in [5, 5.41) is 2.72. The molecule has 0 fully saturated rings. The van der Waals surface area contributed by atoms with E-state index < -0.39 is 45.4 Å². The molecule has 0 radical (unpaired) electrons. The quantitative estimate of drug-likeness (QED) is 0.511. The van der Waals surface area contributed by atoms with E-state index in [0.717, 1.165) is 15.1 Å². The maximum Gasteiger partial charge on any atom is 0.411 e. The van der Waals surface area contributed by atoms with Gasteiger partial charge in [0.2, 0.25) is 5.41 Å². The van der Waals surface area contributed by atoms with Crippen molar-refractivity contribution in [2.45, 2.75) is 51.6 Å². The van der Waals surface area contributed by atoms with Crippen LogP contribution in [0.4, 0.5) is 13.2 Å². The van der Waals surface area contributed by atoms with Crippen LogP contribution in [-0.4, -0.2) is 39.1 Å². The van der Waals surface area contributed by atoms with Gasteiger partial charge >= 0.3 is 6.18 Å². The van der Waals surface area contributed by atoms with Crippen LogP contribution in [0.2, 0.25) is 0 Å². The monoisotopic (exact) mass is 523 g/mol. The number of hydrogen-bond acceptors (Lipinski definition) is 3. The predicted octanol–water partition coefficient (Wildman–Crippen LogP) is 5.00. The molecule has 6 nitrogen and oxygen atoms in total. The molecule has 0 bridgehead atoms. The van der Waals surface area contributed by atoms with Crippen molar-refractivity contribution in [2.75, 3.05) is 6.54 Å². The SMILES string of the molecule is Cc1[nH]n(-c2ccccc2)c(=O)c1C1(C(F)(F)F)C(=O)N(CCc2ccccc2)C2=C1C(=O)CC(C)(C)C2. The second-order valence-corrected chi connectivity index (χ2v) is 10.8. The summed E-state index contributed by atoms with van der Waals surface area (Å²) in [6.07, 6.45) is -4.97. The molecule has 1 aliphatic carbocycles. The van der Waals surface area contributed by atoms with Gasteiger partial charge in [0.1, 0.15) is 0 Å². The summed E-state index contributed by atoms with van der Waals surface area (Å²) < 4.78 is 47.2. The number of amides is 1. The van der Waals surface area contributed by atoms with Crippen LogP contribution in [0.1, 0.15) is 43.5 Å². The van der Waals surface area contributed by atoms with Crippen LogP contribution < -0.4 is 5.56 Å². The van der Waals surface area contributed by atoms with Crippen molar-refractivity contribution in [3.63, 3.8) is 0 Å². The molecule has 0 saturated carbocycles. The number of carbonyl (C=O) groups excluding carboxylic acids is 2. The Bertz CT molecular complexity index is 1500. The molecule has 1 N–H and O–H groups in total. The first kappa shape index (κ1) is 25.8. The number of nitrogens with zero attached hydrogens (tertiary/aromatic N) is 2. The van der Waals surface area contributed by atoms with Crippen molar-refractivity contribution in [3.8, 4) is 5.69 Å². The van der Waals surface area contributed by atoms with Crippen molar-refractivity contribution in [1.82, 2.24) is 14.7 Å². The van der Waals surface area contributed by atoms with E-state index in [1.54, 1.807) is 44.2 Å². The molecule has 198 valence electrons. The van der Waals surface area contributed by atoms with E-state index in [9.17, 15) is 14.4 Å². The number of alkyl halides is 3. The Morgan fingerprint density at radius 1 is 0.921 bits per heavy atom. The number of aryl methyl sites for hydroxylation is 1. The van der Waals surface area contributed by atoms with Crippen LogP contribution in [0.25, 0.3) is 5.69 Å². The number of H-pyrrole nitrogens is 1. The fourth-order valence-corrected chi connectivity index (χ4v) is 5.88. The summed E-state index contributed by atoms with van der Waals surface area (Å²) in [6.45, 7) is 4.89. The highest BCUT2D eigenvalue weighted by Gasteiger charge is 2.73. The second-order valence-electron chi connectivity index (χ2n) is 10.8. The lowest BCUT2D eigenvalue weighted by molar-refractivity contribution is -0.189. The van der Waals surface area contributed by atoms with Gasteiger partial charge in [-0.3, -0.25) is 19.5 Å². The van der Waals surface area contributed by atoms with Gasteiger partial charge in [0, 0.05) is 29.9 Å². The molecule has 38 heavy (non-hydrogen) atoms. The Labute approximate surface area is 217 Å². The number of aromatic amines is 1. The van der Waals surface area contributed by atoms with Crippen LogP contribution in [0.15, 0.2) is 76.7 Å². The molecule has 2 aliphatic rings. The van der Waals surface area contributed by atoms with Gasteiger partial charge in [-0.05, 0) is 42.9 Å². The average Bonchev–Trinajstić information content (AvgIpc) is 3.28. The number of benzene rings is 2. The molecular formula is C29H28F3N3O3. The number of aromatic nitrogens is 2. The summed E-state index contributed by atoms with van der Waals surface area (Å²) in [4.78, 5) is 42.5. The fourth-order valence-electron chi connectivity index (χ4n) is 5.88. The van der Waals surface area contributed by atoms with Gasteiger partial charge in [0.15, 0.2) is 5.78 Å². The standard InChI is InChI=1S/C29H28F3N3O3/c1-18-23(25(37)35(33-18)20-12-8-5-9-13-20)28(29(30,31)32)24-21(16-27(2,3)17-22(24)36)34(26(28)38)15-14-19-10-6-4-7-11-19/h4-13,33H,14-17H2,1-3H3. The molecule has 0 saturated heterocycles. The van der Waals surface area contributed by atoms with Crippen LogP contribution >= 0.6 is 0 Å². The van der Waals surface area contributed by atoms with Crippen LogP contribution in [0.3, 0.4) is 0 Å². The van der Waals surface area contributed by atoms with Crippen LogP contribution in [0, 0.1) is 12.3 Å². The zero-order chi connectivity index (χ0) is 27.5. The predicted molar refractivity (Wildman–Crippen MR) is 136 cm³/mol. The van der Waals surface area contributed by atoms with E-state index >= 15 is 13.2 Å². The maximum absolute atomic E-state index is 15.4. The Balaban J connectivity index is 1.75. The van der Waals surface area contributed by atoms with Gasteiger partial charge < -0.3 is 4.90 Å². The van der Waals surface area contributed by atoms with E-state index in [1.807, 2.05) is 30.3 Å². The van der Waals surface area contributed by atoms with Crippen molar-refractivity contribution in [2.24, 2.45) is 5.41 Å². The summed E-state index contributed by atoms with van der Waals surface area (Å²) in [5.74, 6) is -2.05. The Morgan fingerprint density at radius 2 is 1.53 bits per heavy atom. The van der Waals surface area contributed by atoms with Gasteiger partial charge in [-0.2, -0.15) is 13.2 Å². The smallest absolute Gasteiger partial charge is 0.314 e. The summed E-state index contributed by atoms with van der Waals surface area (Å²) in [6, 6.07) is 17.3. The molecular weight excluding hydrogens is 495 g/mol. The molecule has 5 rings (SSSR count). The number of para-hydroxylation sites is 1. The molecule has 1 aliphatic heterocycles. The van der Waals surface area contributed by atoms with Gasteiger partial charge in [-0.1, -0.05) is 62.4 Å². The van der Waals surface area contributed by atoms with Crippen molar-refractivity contribution in [1.29, 1.82) is 0 Å². The third-order valence-corrected chi connectivity index (χ3v) is 7.47. The maximum atomic E-state index is 15.4. The Hall–Kier alpha value is -3.88. The number of Topliss-reactive ketones (excluding diaryl/α,β-unsaturated/α-hetero) is 1. The van der Waals surface area contributed by atoms with Crippen molar-refractivity contribution in [3.05, 3.63) is 99.1 Å². The van der Waals surface area contributed by atoms with E-state index in [4.69, 9.17) is 0 Å². The first-order valence-electron chi connectivity index (χ1n) is 12.5. The van der Waals surface area contributed by atoms with E-state index in [0.29, 0.717) is 12.1 Å². The highest BCUT2D eigenvalue weighted by atomic mass is 19.4. The highest BCUT2D eigenvalue weighted by Crippen LogP contribution is 2.57. The molecule has 1 amide bonds. The fraction of sp³-hybridized carbons (Fsp3) is 0.345. The van der Waals surface area contributed by atoms with Crippen LogP contribution in [0.5, 0.6) is 0 Å². The third kappa shape index (κ3) is 3.83. The summed E-state index contributed by atoms with van der Waals surface area (Å²) in [5.41, 5.74) is -5.27. The first-order valence-corrected chi connectivity index (χ1v) is 12.5. The summed E-state index contributed by atoms with van der Waals surface area (Å²) in [7, 11) is 0. The van der Waals surface area contributed by atoms with Crippen molar-refractivity contribution < 1.29 is 22.8 Å². The number of rotatable bonds is 5. The number of carbonyl (C=O) groups is 2. The molecule has 2 aromatic carbocycles. The molecule has 1 atom stereocenters. The summed E-state index contributed by atoms with van der Waals surface area (Å²) >= 11 is 0. The lowest BCUT2D eigenvalue weighted by Crippen LogP contribution is -2.55. The second kappa shape index (κ2) is 8.85. The third-order valence-electron chi connectivity index (χ3n) is 7.47. The molecule has 3 aromatic rings. The Morgan fingerprint density at radius 3 is 2.13 bits per heavy atom. The zero-order valence-corrected chi connectivity index (χ0v) is 21.4. The molecule has 0 spiro atoms. The Kier molecular flexibility index (Phi) is 6.00. The number of nitrogens with one attached hydrogen (secondary N) is 1. The lowest BCUT2D eigenvalue weighted by Gasteiger charge is -2.35. The minimum Gasteiger partial charge on any atom is -0.314 e. The highest BCUT2D eigenvalue weighted by molar-refractivity contribution is 6.13. The first-order chi connectivity index (χ1) is 17.9. The largest absolute Gasteiger partial charge is 0.411 e. The van der Waals surface area contributed by atoms with Gasteiger partial charge in [0.25, 0.3) is 11.5 Å². The molecule has 1 unspecified atom stereocenters. The number of hydrogen-bond donors (Lipinski definition) is 1. The van der Waals surface area contributed by atoms with Crippen molar-refractivity contribution >= 4 is 11.7 Å². The van der Waals surface area contributed by atoms with E-state index in [2.05, 4.69) is 5.10 Å². The minimum absolute atomic E-state index is 0.0424. The normalized spacial score (nSPS) is 21.3. The van der Waals surface area contributed by atoms with E-state index in [1.165, 1.54) is 6.92 Å². The lowest BCUT2D eigenvalue weighted by atomic mass is 9.66. The molecule has 1 aromatic heterocycles. The number of halogens is 3. The number of ketones is 1. The van der Waals surface area contributed by atoms with Gasteiger partial charge in [-0.25, -0.2) is 4.68 Å². The number of allylic oxidation sites excluding steroid dienone is 1. The molecule has 2 heterocycles. The minimum atomic E-state index is -5.23. The topological polar surface area (TPSA) is 75.2 Å². The molecule has 9 heteroatoms. The van der Waals surface area contributed by atoms with Crippen LogP contribution in [-0.2, 0) is 21.4 Å². The zero-order valence-electron chi connectivity index (χ0n) is 21.4. The van der Waals surface area contributed by atoms with E-state index in [-0.39, 0.29) is 30.8 Å². The van der Waals surface area contributed by atoms with Gasteiger partial charge in [0.05, 0.1) is 11.3 Å². The van der Waals surface area contributed by atoms with Gasteiger partial charge in [-0.15, -0.1) is 0 Å². The average molecular weight is 524 g/mol.